The van der Waals surface area contributed by atoms with Crippen molar-refractivity contribution in [3.63, 3.8) is 0 Å². The highest BCUT2D eigenvalue weighted by atomic mass is 35.5. The fourth-order valence-corrected chi connectivity index (χ4v) is 3.87. The van der Waals surface area contributed by atoms with Crippen molar-refractivity contribution >= 4 is 17.4 Å². The minimum absolute atomic E-state index is 0.0802. The first-order valence-corrected chi connectivity index (χ1v) is 8.08. The Hall–Kier alpha value is -1.61. The van der Waals surface area contributed by atoms with Gasteiger partial charge in [0.15, 0.2) is 0 Å². The van der Waals surface area contributed by atoms with Gasteiger partial charge in [-0.25, -0.2) is 9.97 Å². The van der Waals surface area contributed by atoms with Crippen LogP contribution in [-0.2, 0) is 19.3 Å². The number of aryl methyl sites for hydroxylation is 1. The van der Waals surface area contributed by atoms with Crippen molar-refractivity contribution in [3.05, 3.63) is 53.0 Å². The van der Waals surface area contributed by atoms with Crippen molar-refractivity contribution in [2.24, 2.45) is 0 Å². The molecule has 0 fully saturated rings. The maximum atomic E-state index is 6.57. The van der Waals surface area contributed by atoms with Crippen molar-refractivity contribution in [1.29, 1.82) is 0 Å². The molecule has 0 spiro atoms. The minimum atomic E-state index is 0.0802. The quantitative estimate of drug-likeness (QED) is 0.860. The molecule has 4 heteroatoms. The Morgan fingerprint density at radius 2 is 1.95 bits per heavy atom. The molecule has 2 unspecified atom stereocenters. The van der Waals surface area contributed by atoms with E-state index in [9.17, 15) is 0 Å². The van der Waals surface area contributed by atoms with Gasteiger partial charge in [-0.05, 0) is 43.2 Å². The van der Waals surface area contributed by atoms with Crippen molar-refractivity contribution in [2.45, 2.75) is 43.5 Å². The Labute approximate surface area is 129 Å². The average Bonchev–Trinajstić information content (AvgIpc) is 2.84. The highest BCUT2D eigenvalue weighted by molar-refractivity contribution is 6.21. The van der Waals surface area contributed by atoms with Crippen LogP contribution in [0.25, 0.3) is 0 Å². The molecule has 0 radical (unpaired) electrons. The number of hydrogen-bond donors (Lipinski definition) is 1. The number of aromatic nitrogens is 2. The summed E-state index contributed by atoms with van der Waals surface area (Å²) in [7, 11) is 0. The van der Waals surface area contributed by atoms with E-state index in [1.807, 2.05) is 0 Å². The monoisotopic (exact) mass is 299 g/mol. The number of halogens is 1. The van der Waals surface area contributed by atoms with Gasteiger partial charge in [0.2, 0.25) is 0 Å². The molecule has 0 bridgehead atoms. The second-order valence-electron chi connectivity index (χ2n) is 5.90. The zero-order valence-corrected chi connectivity index (χ0v) is 12.6. The molecule has 0 saturated heterocycles. The van der Waals surface area contributed by atoms with Crippen LogP contribution in [0.5, 0.6) is 0 Å². The van der Waals surface area contributed by atoms with Gasteiger partial charge in [-0.1, -0.05) is 24.3 Å². The van der Waals surface area contributed by atoms with Crippen LogP contribution in [0, 0.1) is 0 Å². The van der Waals surface area contributed by atoms with Gasteiger partial charge in [-0.2, -0.15) is 0 Å². The van der Waals surface area contributed by atoms with Gasteiger partial charge in [0.05, 0.1) is 11.4 Å². The van der Waals surface area contributed by atoms with Gasteiger partial charge in [-0.15, -0.1) is 11.6 Å². The highest BCUT2D eigenvalue weighted by Crippen LogP contribution is 2.38. The fraction of sp³-hybridized carbons (Fsp3) is 0.412. The number of hydrogen-bond acceptors (Lipinski definition) is 3. The highest BCUT2D eigenvalue weighted by Gasteiger charge is 2.31. The lowest BCUT2D eigenvalue weighted by Crippen LogP contribution is -2.20. The Bertz CT molecular complexity index is 671. The van der Waals surface area contributed by atoms with E-state index in [1.54, 1.807) is 6.33 Å². The smallest absolute Gasteiger partial charge is 0.133 e. The zero-order valence-electron chi connectivity index (χ0n) is 11.8. The molecule has 4 rings (SSSR count). The maximum Gasteiger partial charge on any atom is 0.133 e. The molecule has 2 aliphatic rings. The van der Waals surface area contributed by atoms with Gasteiger partial charge in [0, 0.05) is 11.3 Å². The van der Waals surface area contributed by atoms with Crippen LogP contribution in [0.1, 0.15) is 41.3 Å². The van der Waals surface area contributed by atoms with Gasteiger partial charge >= 0.3 is 0 Å². The molecular weight excluding hydrogens is 282 g/mol. The Kier molecular flexibility index (Phi) is 3.30. The van der Waals surface area contributed by atoms with Crippen LogP contribution >= 0.6 is 11.6 Å². The van der Waals surface area contributed by atoms with E-state index in [0.29, 0.717) is 0 Å². The number of benzene rings is 1. The normalized spacial score (nSPS) is 23.5. The lowest BCUT2D eigenvalue weighted by atomic mass is 9.96. The molecule has 2 aromatic rings. The SMILES string of the molecule is ClC1Cc2ccccc2C1Nc1ncnc2c1CCCC2. The second kappa shape index (κ2) is 5.30. The predicted molar refractivity (Wildman–Crippen MR) is 84.8 cm³/mol. The van der Waals surface area contributed by atoms with Gasteiger partial charge in [0.25, 0.3) is 0 Å². The van der Waals surface area contributed by atoms with Crippen molar-refractivity contribution in [2.75, 3.05) is 5.32 Å². The summed E-state index contributed by atoms with van der Waals surface area (Å²) < 4.78 is 0. The molecule has 2 atom stereocenters. The summed E-state index contributed by atoms with van der Waals surface area (Å²) in [5.41, 5.74) is 5.15. The minimum Gasteiger partial charge on any atom is -0.361 e. The number of anilines is 1. The second-order valence-corrected chi connectivity index (χ2v) is 6.46. The molecule has 1 aromatic carbocycles. The summed E-state index contributed by atoms with van der Waals surface area (Å²) in [6.07, 6.45) is 7.19. The Balaban J connectivity index is 1.68. The van der Waals surface area contributed by atoms with Gasteiger partial charge in [-0.3, -0.25) is 0 Å². The molecular formula is C17H18ClN3. The number of nitrogens with zero attached hydrogens (tertiary/aromatic N) is 2. The molecule has 2 aliphatic carbocycles. The van der Waals surface area contributed by atoms with Crippen molar-refractivity contribution in [1.82, 2.24) is 9.97 Å². The number of alkyl halides is 1. The average molecular weight is 300 g/mol. The molecule has 108 valence electrons. The van der Waals surface area contributed by atoms with Crippen LogP contribution in [0.4, 0.5) is 5.82 Å². The summed E-state index contributed by atoms with van der Waals surface area (Å²) in [5.74, 6) is 0.979. The largest absolute Gasteiger partial charge is 0.361 e. The van der Waals surface area contributed by atoms with Crippen LogP contribution in [0.15, 0.2) is 30.6 Å². The first-order chi connectivity index (χ1) is 10.3. The summed E-state index contributed by atoms with van der Waals surface area (Å²) in [6.45, 7) is 0. The summed E-state index contributed by atoms with van der Waals surface area (Å²) in [4.78, 5) is 8.92. The Morgan fingerprint density at radius 3 is 2.90 bits per heavy atom. The van der Waals surface area contributed by atoms with Gasteiger partial charge in [0.1, 0.15) is 12.1 Å². The summed E-state index contributed by atoms with van der Waals surface area (Å²) >= 11 is 6.57. The maximum absolute atomic E-state index is 6.57. The predicted octanol–water partition coefficient (Wildman–Crippen LogP) is 3.67. The van der Waals surface area contributed by atoms with E-state index in [4.69, 9.17) is 11.6 Å². The summed E-state index contributed by atoms with van der Waals surface area (Å²) in [6, 6.07) is 8.64. The van der Waals surface area contributed by atoms with E-state index in [-0.39, 0.29) is 11.4 Å². The van der Waals surface area contributed by atoms with Crippen LogP contribution in [0.2, 0.25) is 0 Å². The van der Waals surface area contributed by atoms with E-state index in [2.05, 4.69) is 39.6 Å². The third-order valence-corrected chi connectivity index (χ3v) is 4.99. The molecule has 3 nitrogen and oxygen atoms in total. The van der Waals surface area contributed by atoms with E-state index in [0.717, 1.165) is 25.1 Å². The molecule has 21 heavy (non-hydrogen) atoms. The van der Waals surface area contributed by atoms with Crippen LogP contribution in [0.3, 0.4) is 0 Å². The van der Waals surface area contributed by atoms with Crippen LogP contribution in [-0.4, -0.2) is 15.3 Å². The first-order valence-electron chi connectivity index (χ1n) is 7.64. The third kappa shape index (κ3) is 2.30. The molecule has 0 amide bonds. The molecule has 1 heterocycles. The van der Waals surface area contributed by atoms with E-state index < -0.39 is 0 Å². The molecule has 1 aromatic heterocycles. The number of nitrogens with one attached hydrogen (secondary N) is 1. The zero-order chi connectivity index (χ0) is 14.2. The molecule has 1 N–H and O–H groups in total. The van der Waals surface area contributed by atoms with E-state index >= 15 is 0 Å². The lowest BCUT2D eigenvalue weighted by molar-refractivity contribution is 0.659. The van der Waals surface area contributed by atoms with Gasteiger partial charge < -0.3 is 5.32 Å². The van der Waals surface area contributed by atoms with Crippen molar-refractivity contribution in [3.8, 4) is 0 Å². The third-order valence-electron chi connectivity index (χ3n) is 4.58. The first kappa shape index (κ1) is 13.1. The van der Waals surface area contributed by atoms with E-state index in [1.165, 1.54) is 35.2 Å². The molecule has 0 saturated carbocycles. The summed E-state index contributed by atoms with van der Waals surface area (Å²) in [5, 5.41) is 3.67. The fourth-order valence-electron chi connectivity index (χ4n) is 3.51. The Morgan fingerprint density at radius 1 is 1.10 bits per heavy atom. The topological polar surface area (TPSA) is 37.8 Å². The van der Waals surface area contributed by atoms with Crippen molar-refractivity contribution < 1.29 is 0 Å². The standard InChI is InChI=1S/C17H18ClN3/c18-14-9-11-5-1-2-6-12(11)16(14)21-17-13-7-3-4-8-15(13)19-10-20-17/h1-2,5-6,10,14,16H,3-4,7-9H2,(H,19,20,21). The molecule has 0 aliphatic heterocycles. The lowest BCUT2D eigenvalue weighted by Gasteiger charge is -2.23. The number of rotatable bonds is 2. The van der Waals surface area contributed by atoms with Crippen LogP contribution < -0.4 is 5.32 Å². The number of fused-ring (bicyclic) bond motifs is 2.